The fraction of sp³-hybridized carbons (Fsp3) is 0.800. The summed E-state index contributed by atoms with van der Waals surface area (Å²) in [5.41, 5.74) is 0. The molecule has 0 aromatic heterocycles. The molecule has 0 bridgehead atoms. The number of rotatable bonds is 8. The Balaban J connectivity index is 1.47. The average Bonchev–Trinajstić information content (AvgIpc) is 2.84. The molecule has 1 aliphatic carbocycles. The summed E-state index contributed by atoms with van der Waals surface area (Å²) in [6, 6.07) is -1.05. The van der Waals surface area contributed by atoms with Crippen LogP contribution in [-0.4, -0.2) is 41.4 Å². The minimum Gasteiger partial charge on any atom is -0.356 e. The van der Waals surface area contributed by atoms with E-state index in [4.69, 9.17) is 0 Å². The first-order valence-electron chi connectivity index (χ1n) is 8.15. The van der Waals surface area contributed by atoms with E-state index in [0.29, 0.717) is 13.0 Å². The molecule has 4 amide bonds. The van der Waals surface area contributed by atoms with Crippen molar-refractivity contribution in [2.45, 2.75) is 62.7 Å². The van der Waals surface area contributed by atoms with Crippen molar-refractivity contribution in [1.82, 2.24) is 16.0 Å². The molecule has 2 aliphatic rings. The maximum absolute atomic E-state index is 11.7. The molecule has 0 aromatic carbocycles. The third kappa shape index (κ3) is 5.87. The van der Waals surface area contributed by atoms with Gasteiger partial charge in [-0.3, -0.25) is 14.9 Å². The van der Waals surface area contributed by atoms with Crippen LogP contribution >= 0.6 is 11.8 Å². The van der Waals surface area contributed by atoms with E-state index < -0.39 is 12.1 Å². The van der Waals surface area contributed by atoms with E-state index in [-0.39, 0.29) is 18.2 Å². The first-order valence-corrected chi connectivity index (χ1v) is 9.19. The Morgan fingerprint density at radius 3 is 2.68 bits per heavy atom. The van der Waals surface area contributed by atoms with Gasteiger partial charge >= 0.3 is 6.03 Å². The van der Waals surface area contributed by atoms with E-state index in [9.17, 15) is 14.4 Å². The summed E-state index contributed by atoms with van der Waals surface area (Å²) in [7, 11) is 0. The first-order chi connectivity index (χ1) is 10.6. The summed E-state index contributed by atoms with van der Waals surface area (Å²) < 4.78 is 0. The smallest absolute Gasteiger partial charge is 0.322 e. The number of carbonyl (C=O) groups is 3. The molecule has 3 N–H and O–H groups in total. The van der Waals surface area contributed by atoms with Gasteiger partial charge < -0.3 is 10.6 Å². The predicted molar refractivity (Wildman–Crippen MR) is 86.7 cm³/mol. The van der Waals surface area contributed by atoms with Gasteiger partial charge in [-0.05, 0) is 31.4 Å². The number of hydrogen-bond donors (Lipinski definition) is 3. The molecule has 2 rings (SSSR count). The van der Waals surface area contributed by atoms with Crippen molar-refractivity contribution in [2.75, 3.05) is 12.3 Å². The molecule has 1 heterocycles. The Morgan fingerprint density at radius 2 is 2.00 bits per heavy atom. The summed E-state index contributed by atoms with van der Waals surface area (Å²) in [5.74, 6) is 0.685. The van der Waals surface area contributed by atoms with Crippen molar-refractivity contribution >= 4 is 29.6 Å². The molecular weight excluding hydrogens is 302 g/mol. The number of thioether (sulfide) groups is 1. The van der Waals surface area contributed by atoms with Crippen LogP contribution < -0.4 is 16.0 Å². The highest BCUT2D eigenvalue weighted by Gasteiger charge is 2.29. The highest BCUT2D eigenvalue weighted by Crippen LogP contribution is 2.28. The van der Waals surface area contributed by atoms with Crippen molar-refractivity contribution in [1.29, 1.82) is 0 Å². The maximum Gasteiger partial charge on any atom is 0.322 e. The lowest BCUT2D eigenvalue weighted by atomic mass is 10.0. The van der Waals surface area contributed by atoms with Gasteiger partial charge in [0.25, 0.3) is 5.91 Å². The zero-order valence-electron chi connectivity index (χ0n) is 12.9. The van der Waals surface area contributed by atoms with Gasteiger partial charge in [-0.2, -0.15) is 11.8 Å². The lowest BCUT2D eigenvalue weighted by Gasteiger charge is -2.20. The van der Waals surface area contributed by atoms with Crippen LogP contribution in [0.1, 0.15) is 51.4 Å². The van der Waals surface area contributed by atoms with E-state index in [2.05, 4.69) is 16.0 Å². The van der Waals surface area contributed by atoms with Crippen LogP contribution in [0.5, 0.6) is 0 Å². The maximum atomic E-state index is 11.7. The molecule has 7 heteroatoms. The van der Waals surface area contributed by atoms with Crippen molar-refractivity contribution in [3.05, 3.63) is 0 Å². The fourth-order valence-electron chi connectivity index (χ4n) is 2.81. The Labute approximate surface area is 135 Å². The van der Waals surface area contributed by atoms with Crippen LogP contribution in [0.2, 0.25) is 0 Å². The highest BCUT2D eigenvalue weighted by atomic mass is 32.2. The lowest BCUT2D eigenvalue weighted by Crippen LogP contribution is -2.32. The minimum atomic E-state index is -0.569. The Morgan fingerprint density at radius 1 is 1.23 bits per heavy atom. The van der Waals surface area contributed by atoms with Gasteiger partial charge in [0.05, 0.1) is 0 Å². The number of amides is 4. The summed E-state index contributed by atoms with van der Waals surface area (Å²) in [5, 5.41) is 8.33. The van der Waals surface area contributed by atoms with Gasteiger partial charge in [0.2, 0.25) is 5.91 Å². The molecule has 1 atom stereocenters. The van der Waals surface area contributed by atoms with Gasteiger partial charge in [-0.25, -0.2) is 4.79 Å². The molecule has 1 saturated heterocycles. The molecular formula is C15H25N3O3S. The van der Waals surface area contributed by atoms with Crippen LogP contribution in [0.3, 0.4) is 0 Å². The van der Waals surface area contributed by atoms with Crippen LogP contribution in [0.25, 0.3) is 0 Å². The van der Waals surface area contributed by atoms with Gasteiger partial charge in [-0.15, -0.1) is 0 Å². The van der Waals surface area contributed by atoms with Gasteiger partial charge in [0.15, 0.2) is 0 Å². The Kier molecular flexibility index (Phi) is 7.02. The summed E-state index contributed by atoms with van der Waals surface area (Å²) in [6.07, 6.45) is 8.37. The van der Waals surface area contributed by atoms with Gasteiger partial charge in [0, 0.05) is 18.2 Å². The summed E-state index contributed by atoms with van der Waals surface area (Å²) in [4.78, 5) is 33.9. The lowest BCUT2D eigenvalue weighted by molar-refractivity contribution is -0.122. The van der Waals surface area contributed by atoms with Crippen LogP contribution in [-0.2, 0) is 9.59 Å². The van der Waals surface area contributed by atoms with E-state index in [1.54, 1.807) is 0 Å². The van der Waals surface area contributed by atoms with E-state index >= 15 is 0 Å². The third-order valence-electron chi connectivity index (χ3n) is 4.07. The molecule has 0 radical (unpaired) electrons. The SMILES string of the molecule is O=C(CC[C@@H]1NC(=O)NC1=O)NCCCSC1CCCCC1. The fourth-order valence-corrected chi connectivity index (χ4v) is 4.12. The van der Waals surface area contributed by atoms with Crippen molar-refractivity contribution < 1.29 is 14.4 Å². The summed E-state index contributed by atoms with van der Waals surface area (Å²) >= 11 is 2.03. The van der Waals surface area contributed by atoms with Gasteiger partial charge in [0.1, 0.15) is 6.04 Å². The van der Waals surface area contributed by atoms with Crippen molar-refractivity contribution in [3.8, 4) is 0 Å². The third-order valence-corrected chi connectivity index (χ3v) is 5.53. The number of nitrogens with one attached hydrogen (secondary N) is 3. The molecule has 0 spiro atoms. The second-order valence-electron chi connectivity index (χ2n) is 5.89. The van der Waals surface area contributed by atoms with Crippen LogP contribution in [0.15, 0.2) is 0 Å². The quantitative estimate of drug-likeness (QED) is 0.466. The predicted octanol–water partition coefficient (Wildman–Crippen LogP) is 1.55. The minimum absolute atomic E-state index is 0.0587. The Hall–Kier alpha value is -1.24. The molecule has 1 aliphatic heterocycles. The Bertz CT molecular complexity index is 411. The standard InChI is InChI=1S/C15H25N3O3S/c19-13(8-7-12-14(20)18-15(21)17-12)16-9-4-10-22-11-5-2-1-3-6-11/h11-12H,1-10H2,(H,16,19)(H2,17,18,20,21)/t12-/m0/s1. The summed E-state index contributed by atoms with van der Waals surface area (Å²) in [6.45, 7) is 0.682. The topological polar surface area (TPSA) is 87.3 Å². The molecule has 0 aromatic rings. The second kappa shape index (κ2) is 9.02. The normalized spacial score (nSPS) is 22.3. The number of carbonyl (C=O) groups excluding carboxylic acids is 3. The molecule has 124 valence electrons. The molecule has 0 unspecified atom stereocenters. The van der Waals surface area contributed by atoms with Crippen molar-refractivity contribution in [2.24, 2.45) is 0 Å². The van der Waals surface area contributed by atoms with Crippen LogP contribution in [0, 0.1) is 0 Å². The number of urea groups is 1. The average molecular weight is 327 g/mol. The van der Waals surface area contributed by atoms with Gasteiger partial charge in [-0.1, -0.05) is 19.3 Å². The molecule has 1 saturated carbocycles. The first kappa shape index (κ1) is 17.1. The number of hydrogen-bond acceptors (Lipinski definition) is 4. The zero-order chi connectivity index (χ0) is 15.8. The van der Waals surface area contributed by atoms with Crippen molar-refractivity contribution in [3.63, 3.8) is 0 Å². The van der Waals surface area contributed by atoms with E-state index in [1.165, 1.54) is 32.1 Å². The highest BCUT2D eigenvalue weighted by molar-refractivity contribution is 7.99. The van der Waals surface area contributed by atoms with E-state index in [0.717, 1.165) is 17.4 Å². The largest absolute Gasteiger partial charge is 0.356 e. The molecule has 6 nitrogen and oxygen atoms in total. The zero-order valence-corrected chi connectivity index (χ0v) is 13.7. The second-order valence-corrected chi connectivity index (χ2v) is 7.30. The number of imide groups is 1. The molecule has 2 fully saturated rings. The van der Waals surface area contributed by atoms with E-state index in [1.807, 2.05) is 11.8 Å². The van der Waals surface area contributed by atoms with Crippen LogP contribution in [0.4, 0.5) is 4.79 Å². The monoisotopic (exact) mass is 327 g/mol. The molecule has 22 heavy (non-hydrogen) atoms.